The molecule has 0 unspecified atom stereocenters. The van der Waals surface area contributed by atoms with E-state index in [-0.39, 0.29) is 22.4 Å². The number of hydrogen-bond acceptors (Lipinski definition) is 5. The normalized spacial score (nSPS) is 11.4. The molecular formula is C17H11ClF3N3OS2. The van der Waals surface area contributed by atoms with E-state index < -0.39 is 11.7 Å². The summed E-state index contributed by atoms with van der Waals surface area (Å²) in [5, 5.41) is 11.1. The van der Waals surface area contributed by atoms with Crippen LogP contribution in [0.15, 0.2) is 52.9 Å². The zero-order valence-electron chi connectivity index (χ0n) is 13.5. The first-order valence-electron chi connectivity index (χ1n) is 7.51. The molecule has 0 bridgehead atoms. The zero-order chi connectivity index (χ0) is 19.4. The van der Waals surface area contributed by atoms with Crippen LogP contribution in [0.3, 0.4) is 0 Å². The van der Waals surface area contributed by atoms with Gasteiger partial charge in [0, 0.05) is 16.3 Å². The van der Waals surface area contributed by atoms with E-state index in [1.165, 1.54) is 12.1 Å². The van der Waals surface area contributed by atoms with Crippen LogP contribution in [0, 0.1) is 0 Å². The Hall–Kier alpha value is -2.10. The number of nitrogens with zero attached hydrogens (tertiary/aromatic N) is 2. The van der Waals surface area contributed by atoms with Gasteiger partial charge in [-0.15, -0.1) is 10.2 Å². The Balaban J connectivity index is 1.64. The maximum atomic E-state index is 13.0. The zero-order valence-corrected chi connectivity index (χ0v) is 15.8. The lowest BCUT2D eigenvalue weighted by atomic mass is 10.1. The number of carbonyl (C=O) groups excluding carboxylic acids is 1. The minimum Gasteiger partial charge on any atom is -0.296 e. The number of nitrogens with one attached hydrogen (secondary N) is 1. The highest BCUT2D eigenvalue weighted by molar-refractivity contribution is 8.00. The molecule has 3 rings (SSSR count). The Morgan fingerprint density at radius 1 is 1.11 bits per heavy atom. The molecule has 27 heavy (non-hydrogen) atoms. The van der Waals surface area contributed by atoms with E-state index in [4.69, 9.17) is 11.6 Å². The third-order valence-corrected chi connectivity index (χ3v) is 5.68. The molecule has 0 atom stereocenters. The van der Waals surface area contributed by atoms with Gasteiger partial charge in [0.25, 0.3) is 5.91 Å². The highest BCUT2D eigenvalue weighted by Crippen LogP contribution is 2.35. The molecule has 2 aromatic carbocycles. The van der Waals surface area contributed by atoms with Crippen LogP contribution >= 0.6 is 34.7 Å². The van der Waals surface area contributed by atoms with Crippen LogP contribution in [0.2, 0.25) is 5.02 Å². The van der Waals surface area contributed by atoms with Crippen molar-refractivity contribution in [2.24, 2.45) is 0 Å². The third-order valence-electron chi connectivity index (χ3n) is 3.41. The average Bonchev–Trinajstić information content (AvgIpc) is 3.07. The molecular weight excluding hydrogens is 419 g/mol. The van der Waals surface area contributed by atoms with E-state index >= 15 is 0 Å². The number of anilines is 1. The lowest BCUT2D eigenvalue weighted by molar-refractivity contribution is -0.138. The Bertz CT molecular complexity index is 945. The van der Waals surface area contributed by atoms with Gasteiger partial charge in [-0.1, -0.05) is 52.9 Å². The molecule has 1 aromatic heterocycles. The summed E-state index contributed by atoms with van der Waals surface area (Å²) in [6, 6.07) is 11.7. The van der Waals surface area contributed by atoms with Crippen molar-refractivity contribution in [1.82, 2.24) is 10.2 Å². The molecule has 0 radical (unpaired) electrons. The minimum atomic E-state index is -4.41. The van der Waals surface area contributed by atoms with Crippen molar-refractivity contribution in [3.8, 4) is 0 Å². The SMILES string of the molecule is O=C(Nc1nnc(SCc2ccccc2C(F)(F)F)s1)c1ccc(Cl)cc1. The van der Waals surface area contributed by atoms with Crippen LogP contribution in [-0.4, -0.2) is 16.1 Å². The van der Waals surface area contributed by atoms with Crippen molar-refractivity contribution < 1.29 is 18.0 Å². The number of hydrogen-bond donors (Lipinski definition) is 1. The summed E-state index contributed by atoms with van der Waals surface area (Å²) in [5.74, 6) is -0.281. The molecule has 0 aliphatic rings. The molecule has 0 saturated heterocycles. The number of alkyl halides is 3. The molecule has 3 aromatic rings. The maximum absolute atomic E-state index is 13.0. The summed E-state index contributed by atoms with van der Waals surface area (Å²) in [6.07, 6.45) is -4.41. The number of thioether (sulfide) groups is 1. The topological polar surface area (TPSA) is 54.9 Å². The van der Waals surface area contributed by atoms with Crippen LogP contribution in [0.5, 0.6) is 0 Å². The summed E-state index contributed by atoms with van der Waals surface area (Å²) in [7, 11) is 0. The van der Waals surface area contributed by atoms with Crippen molar-refractivity contribution in [3.63, 3.8) is 0 Å². The number of carbonyl (C=O) groups is 1. The molecule has 0 saturated carbocycles. The minimum absolute atomic E-state index is 0.0927. The Morgan fingerprint density at radius 3 is 2.52 bits per heavy atom. The summed E-state index contributed by atoms with van der Waals surface area (Å²) < 4.78 is 39.5. The summed E-state index contributed by atoms with van der Waals surface area (Å²) in [6.45, 7) is 0. The molecule has 0 aliphatic heterocycles. The van der Waals surface area contributed by atoms with Crippen LogP contribution in [-0.2, 0) is 11.9 Å². The standard InChI is InChI=1S/C17H11ClF3N3OS2/c18-12-7-5-10(6-8-12)14(25)22-15-23-24-16(27-15)26-9-11-3-1-2-4-13(11)17(19,20)21/h1-8H,9H2,(H,22,23,25). The Morgan fingerprint density at radius 2 is 1.81 bits per heavy atom. The van der Waals surface area contributed by atoms with Gasteiger partial charge in [0.15, 0.2) is 4.34 Å². The van der Waals surface area contributed by atoms with E-state index in [9.17, 15) is 18.0 Å². The van der Waals surface area contributed by atoms with Crippen LogP contribution < -0.4 is 5.32 Å². The average molecular weight is 430 g/mol. The monoisotopic (exact) mass is 429 g/mol. The third kappa shape index (κ3) is 5.21. The van der Waals surface area contributed by atoms with Gasteiger partial charge in [0.2, 0.25) is 5.13 Å². The van der Waals surface area contributed by atoms with Crippen molar-refractivity contribution in [2.75, 3.05) is 5.32 Å². The molecule has 0 fully saturated rings. The Labute approximate surface area is 165 Å². The van der Waals surface area contributed by atoms with Crippen molar-refractivity contribution >= 4 is 45.7 Å². The largest absolute Gasteiger partial charge is 0.416 e. The number of benzene rings is 2. The highest BCUT2D eigenvalue weighted by Gasteiger charge is 2.32. The van der Waals surface area contributed by atoms with E-state index in [1.54, 1.807) is 30.3 Å². The predicted molar refractivity (Wildman–Crippen MR) is 100 cm³/mol. The fourth-order valence-electron chi connectivity index (χ4n) is 2.15. The summed E-state index contributed by atoms with van der Waals surface area (Å²) in [4.78, 5) is 12.1. The molecule has 0 aliphatic carbocycles. The predicted octanol–water partition coefficient (Wildman–Crippen LogP) is 5.75. The van der Waals surface area contributed by atoms with Gasteiger partial charge in [0.1, 0.15) is 0 Å². The number of amides is 1. The van der Waals surface area contributed by atoms with Gasteiger partial charge in [-0.05, 0) is 35.9 Å². The second-order valence-electron chi connectivity index (χ2n) is 5.28. The highest BCUT2D eigenvalue weighted by atomic mass is 35.5. The Kier molecular flexibility index (Phi) is 6.03. The fraction of sp³-hybridized carbons (Fsp3) is 0.118. The molecule has 1 heterocycles. The summed E-state index contributed by atoms with van der Waals surface area (Å²) in [5.41, 5.74) is -0.0989. The van der Waals surface area contributed by atoms with E-state index in [1.807, 2.05) is 0 Å². The molecule has 140 valence electrons. The fourth-order valence-corrected chi connectivity index (χ4v) is 4.03. The van der Waals surface area contributed by atoms with E-state index in [0.717, 1.165) is 29.2 Å². The lowest BCUT2D eigenvalue weighted by Crippen LogP contribution is -2.11. The smallest absolute Gasteiger partial charge is 0.296 e. The molecule has 0 spiro atoms. The molecule has 4 nitrogen and oxygen atoms in total. The van der Waals surface area contributed by atoms with E-state index in [2.05, 4.69) is 15.5 Å². The van der Waals surface area contributed by atoms with E-state index in [0.29, 0.717) is 14.9 Å². The number of halogens is 4. The first-order chi connectivity index (χ1) is 12.8. The number of rotatable bonds is 5. The first kappa shape index (κ1) is 19.7. The lowest BCUT2D eigenvalue weighted by Gasteiger charge is -2.11. The molecule has 1 amide bonds. The van der Waals surface area contributed by atoms with Gasteiger partial charge in [-0.25, -0.2) is 0 Å². The van der Waals surface area contributed by atoms with Gasteiger partial charge in [0.05, 0.1) is 5.56 Å². The van der Waals surface area contributed by atoms with Crippen LogP contribution in [0.4, 0.5) is 18.3 Å². The van der Waals surface area contributed by atoms with Gasteiger partial charge >= 0.3 is 6.18 Å². The second kappa shape index (κ2) is 8.28. The first-order valence-corrected chi connectivity index (χ1v) is 9.69. The maximum Gasteiger partial charge on any atom is 0.416 e. The van der Waals surface area contributed by atoms with Crippen molar-refractivity contribution in [1.29, 1.82) is 0 Å². The van der Waals surface area contributed by atoms with Gasteiger partial charge in [-0.2, -0.15) is 13.2 Å². The van der Waals surface area contributed by atoms with Gasteiger partial charge < -0.3 is 0 Å². The second-order valence-corrected chi connectivity index (χ2v) is 7.91. The molecule has 10 heteroatoms. The van der Waals surface area contributed by atoms with Gasteiger partial charge in [-0.3, -0.25) is 10.1 Å². The van der Waals surface area contributed by atoms with Crippen molar-refractivity contribution in [3.05, 3.63) is 70.2 Å². The van der Waals surface area contributed by atoms with Crippen LogP contribution in [0.1, 0.15) is 21.5 Å². The number of aromatic nitrogens is 2. The van der Waals surface area contributed by atoms with Crippen molar-refractivity contribution in [2.45, 2.75) is 16.3 Å². The van der Waals surface area contributed by atoms with Crippen LogP contribution in [0.25, 0.3) is 0 Å². The quantitative estimate of drug-likeness (QED) is 0.414. The molecule has 1 N–H and O–H groups in total. The summed E-state index contributed by atoms with van der Waals surface area (Å²) >= 11 is 8.00.